The minimum atomic E-state index is -2.76. The van der Waals surface area contributed by atoms with E-state index in [0.717, 1.165) is 0 Å². The number of pyridine rings is 1. The predicted molar refractivity (Wildman–Crippen MR) is 142 cm³/mol. The molecule has 0 N–H and O–H groups in total. The topological polar surface area (TPSA) is 3.88 Å². The number of hydrogen-bond acceptors (Lipinski definition) is 0. The zero-order chi connectivity index (χ0) is 32.3. The number of benzene rings is 3. The van der Waals surface area contributed by atoms with Crippen molar-refractivity contribution in [1.82, 2.24) is 0 Å². The fraction of sp³-hybridized carbons (Fsp3) is 0.281. The van der Waals surface area contributed by atoms with E-state index in [1.165, 1.54) is 30.5 Å². The average Bonchev–Trinajstić information content (AvgIpc) is 2.86. The first kappa shape index (κ1) is 14.9. The largest absolute Gasteiger partial charge is 0.213 e. The Morgan fingerprint density at radius 2 is 1.41 bits per heavy atom. The van der Waals surface area contributed by atoms with Gasteiger partial charge in [0, 0.05) is 35.1 Å². The highest BCUT2D eigenvalue weighted by molar-refractivity contribution is 5.79. The highest BCUT2D eigenvalue weighted by Gasteiger charge is 2.22. The Morgan fingerprint density at radius 1 is 0.765 bits per heavy atom. The number of aromatic nitrogens is 1. The monoisotopic (exact) mass is 461 g/mol. The van der Waals surface area contributed by atoms with Crippen LogP contribution < -0.4 is 4.57 Å². The number of nitrogens with zero attached hydrogens (tertiary/aromatic N) is 1. The first-order valence-electron chi connectivity index (χ1n) is 15.7. The Bertz CT molecular complexity index is 1640. The zero-order valence-electron chi connectivity index (χ0n) is 29.2. The van der Waals surface area contributed by atoms with Crippen molar-refractivity contribution in [2.75, 3.05) is 0 Å². The predicted octanol–water partition coefficient (Wildman–Crippen LogP) is 8.18. The van der Waals surface area contributed by atoms with Gasteiger partial charge in [0.15, 0.2) is 6.20 Å². The molecule has 2 heteroatoms. The summed E-state index contributed by atoms with van der Waals surface area (Å²) in [6, 6.07) is 16.5. The molecule has 0 aliphatic heterocycles. The van der Waals surface area contributed by atoms with Gasteiger partial charge in [0.05, 0.1) is 0 Å². The van der Waals surface area contributed by atoms with Crippen LogP contribution in [0.1, 0.15) is 60.9 Å². The Kier molecular flexibility index (Phi) is 3.87. The molecule has 0 radical (unpaired) electrons. The molecule has 0 bridgehead atoms. The fourth-order valence-corrected chi connectivity index (χ4v) is 4.28. The SMILES string of the molecule is [2H]C([2H])([2H])c1c[n+](C)c(-c2cc(-c3ccccc3)c(F)cc2C)cc1-c1c(C([2H])([2H])[2H])cc(C(C)(C)C)cc1C([2H])([2H])[2H]. The van der Waals surface area contributed by atoms with E-state index >= 15 is 4.39 Å². The third kappa shape index (κ3) is 4.42. The number of halogens is 1. The van der Waals surface area contributed by atoms with Crippen LogP contribution in [0.15, 0.2) is 66.9 Å². The zero-order valence-corrected chi connectivity index (χ0v) is 20.2. The van der Waals surface area contributed by atoms with Crippen LogP contribution in [0.4, 0.5) is 4.39 Å². The molecule has 174 valence electrons. The molecule has 1 heterocycles. The Hall–Kier alpha value is -3.26. The second-order valence-corrected chi connectivity index (χ2v) is 9.81. The van der Waals surface area contributed by atoms with E-state index in [9.17, 15) is 0 Å². The van der Waals surface area contributed by atoms with Gasteiger partial charge >= 0.3 is 0 Å². The van der Waals surface area contributed by atoms with Crippen LogP contribution in [0.25, 0.3) is 33.5 Å². The summed E-state index contributed by atoms with van der Waals surface area (Å²) in [5.74, 6) is -0.429. The van der Waals surface area contributed by atoms with E-state index in [0.29, 0.717) is 33.5 Å². The van der Waals surface area contributed by atoms with Crippen molar-refractivity contribution in [2.45, 2.75) is 53.7 Å². The maximum absolute atomic E-state index is 15.2. The van der Waals surface area contributed by atoms with Crippen molar-refractivity contribution in [3.8, 4) is 33.5 Å². The molecule has 0 saturated carbocycles. The Morgan fingerprint density at radius 3 is 2.00 bits per heavy atom. The summed E-state index contributed by atoms with van der Waals surface area (Å²) in [6.07, 6.45) is 1.38. The van der Waals surface area contributed by atoms with Gasteiger partial charge in [-0.15, -0.1) is 0 Å². The molecule has 34 heavy (non-hydrogen) atoms. The summed E-state index contributed by atoms with van der Waals surface area (Å²) >= 11 is 0. The van der Waals surface area contributed by atoms with Gasteiger partial charge in [0.1, 0.15) is 12.9 Å². The van der Waals surface area contributed by atoms with Gasteiger partial charge in [-0.3, -0.25) is 0 Å². The summed E-state index contributed by atoms with van der Waals surface area (Å²) in [4.78, 5) is 0. The molecule has 0 aliphatic carbocycles. The minimum Gasteiger partial charge on any atom is -0.206 e. The highest BCUT2D eigenvalue weighted by Crippen LogP contribution is 2.37. The van der Waals surface area contributed by atoms with Crippen LogP contribution in [0, 0.1) is 33.3 Å². The number of rotatable bonds is 3. The van der Waals surface area contributed by atoms with E-state index in [2.05, 4.69) is 0 Å². The first-order chi connectivity index (χ1) is 19.6. The molecule has 0 fully saturated rings. The molecule has 1 nitrogen and oxygen atoms in total. The van der Waals surface area contributed by atoms with Gasteiger partial charge in [-0.25, -0.2) is 8.96 Å². The lowest BCUT2D eigenvalue weighted by molar-refractivity contribution is -0.660. The molecular formula is C32H35FN+. The summed E-state index contributed by atoms with van der Waals surface area (Å²) in [5, 5.41) is 0. The van der Waals surface area contributed by atoms with Crippen molar-refractivity contribution >= 4 is 0 Å². The molecule has 0 spiro atoms. The third-order valence-electron chi connectivity index (χ3n) is 6.22. The van der Waals surface area contributed by atoms with Crippen molar-refractivity contribution in [1.29, 1.82) is 0 Å². The highest BCUT2D eigenvalue weighted by atomic mass is 19.1. The molecule has 0 amide bonds. The smallest absolute Gasteiger partial charge is 0.206 e. The molecule has 4 aromatic rings. The molecule has 1 aromatic heterocycles. The molecule has 0 unspecified atom stereocenters. The lowest BCUT2D eigenvalue weighted by Gasteiger charge is -2.23. The maximum Gasteiger partial charge on any atom is 0.213 e. The number of aryl methyl sites for hydroxylation is 5. The standard InChI is InChI=1S/C32H35FN/c1-20-16-29(33)28(24-12-10-9-11-13-24)17-26(20)30-18-27(23(4)19-34(30)8)31-21(2)14-25(15-22(31)3)32(5,6)7/h9-19H,1-8H3/q+1/i2D3,3D3,4D3. The second kappa shape index (κ2) is 8.83. The molecular weight excluding hydrogens is 417 g/mol. The van der Waals surface area contributed by atoms with Crippen molar-refractivity contribution in [3.05, 3.63) is 100 Å². The van der Waals surface area contributed by atoms with Gasteiger partial charge in [0.25, 0.3) is 0 Å². The molecule has 4 rings (SSSR count). The van der Waals surface area contributed by atoms with Crippen LogP contribution >= 0.6 is 0 Å². The first-order valence-corrected chi connectivity index (χ1v) is 11.2. The van der Waals surface area contributed by atoms with Gasteiger partial charge < -0.3 is 0 Å². The molecule has 0 saturated heterocycles. The molecule has 3 aromatic carbocycles. The average molecular weight is 462 g/mol. The second-order valence-electron chi connectivity index (χ2n) is 9.81. The normalized spacial score (nSPS) is 16.7. The van der Waals surface area contributed by atoms with Crippen LogP contribution in [0.3, 0.4) is 0 Å². The Labute approximate surface area is 216 Å². The third-order valence-corrected chi connectivity index (χ3v) is 6.22. The van der Waals surface area contributed by atoms with E-state index in [4.69, 9.17) is 12.3 Å². The quantitative estimate of drug-likeness (QED) is 0.271. The maximum atomic E-state index is 15.2. The molecule has 0 atom stereocenters. The van der Waals surface area contributed by atoms with Gasteiger partial charge in [0.2, 0.25) is 5.69 Å². The summed E-state index contributed by atoms with van der Waals surface area (Å²) < 4.78 is 92.2. The van der Waals surface area contributed by atoms with Crippen LogP contribution in [-0.2, 0) is 12.5 Å². The minimum absolute atomic E-state index is 0.0178. The fourth-order valence-electron chi connectivity index (χ4n) is 4.28. The van der Waals surface area contributed by atoms with Crippen LogP contribution in [-0.4, -0.2) is 0 Å². The van der Waals surface area contributed by atoms with Crippen molar-refractivity contribution in [2.24, 2.45) is 7.05 Å². The summed E-state index contributed by atoms with van der Waals surface area (Å²) in [5.41, 5.74) is 1.68. The lowest BCUT2D eigenvalue weighted by atomic mass is 9.82. The van der Waals surface area contributed by atoms with E-state index in [-0.39, 0.29) is 27.8 Å². The van der Waals surface area contributed by atoms with E-state index < -0.39 is 31.8 Å². The van der Waals surface area contributed by atoms with Gasteiger partial charge in [-0.05, 0) is 84.0 Å². The number of hydrogen-bond donors (Lipinski definition) is 0. The summed E-state index contributed by atoms with van der Waals surface area (Å²) in [6.45, 7) is -0.940. The van der Waals surface area contributed by atoms with E-state index in [1.807, 2.05) is 26.8 Å². The summed E-state index contributed by atoms with van der Waals surface area (Å²) in [7, 11) is 1.65. The molecule has 0 aliphatic rings. The van der Waals surface area contributed by atoms with E-state index in [1.54, 1.807) is 48.9 Å². The lowest BCUT2D eigenvalue weighted by Crippen LogP contribution is -2.31. The Balaban J connectivity index is 2.18. The van der Waals surface area contributed by atoms with Gasteiger partial charge in [-0.1, -0.05) is 63.2 Å². The van der Waals surface area contributed by atoms with Crippen molar-refractivity contribution < 1.29 is 21.3 Å². The van der Waals surface area contributed by atoms with Crippen LogP contribution in [0.5, 0.6) is 0 Å². The van der Waals surface area contributed by atoms with Crippen molar-refractivity contribution in [3.63, 3.8) is 0 Å². The van der Waals surface area contributed by atoms with Gasteiger partial charge in [-0.2, -0.15) is 0 Å². The van der Waals surface area contributed by atoms with Crippen LogP contribution in [0.2, 0.25) is 0 Å².